The van der Waals surface area contributed by atoms with Crippen molar-refractivity contribution in [2.24, 2.45) is 11.7 Å². The Kier molecular flexibility index (Phi) is 16.7. The van der Waals surface area contributed by atoms with Crippen molar-refractivity contribution in [3.05, 3.63) is 148 Å². The van der Waals surface area contributed by atoms with E-state index in [0.717, 1.165) is 21.6 Å². The number of carbonyl (C=O) groups excluding carboxylic acids is 6. The van der Waals surface area contributed by atoms with E-state index in [4.69, 9.17) is 5.73 Å². The Morgan fingerprint density at radius 2 is 1.25 bits per heavy atom. The second kappa shape index (κ2) is 22.9. The third kappa shape index (κ3) is 13.8. The van der Waals surface area contributed by atoms with Gasteiger partial charge < -0.3 is 37.4 Å². The van der Waals surface area contributed by atoms with Crippen molar-refractivity contribution in [2.75, 3.05) is 11.9 Å². The van der Waals surface area contributed by atoms with Crippen LogP contribution in [0.5, 0.6) is 0 Å². The van der Waals surface area contributed by atoms with Crippen LogP contribution in [0.25, 0.3) is 11.1 Å². The molecule has 14 nitrogen and oxygen atoms in total. The summed E-state index contributed by atoms with van der Waals surface area (Å²) in [5.41, 5.74) is 9.81. The number of aliphatic carboxylic acids is 1. The van der Waals surface area contributed by atoms with Crippen LogP contribution in [0, 0.1) is 5.92 Å². The van der Waals surface area contributed by atoms with Gasteiger partial charge in [-0.1, -0.05) is 103 Å². The summed E-state index contributed by atoms with van der Waals surface area (Å²) in [6.45, 7) is 0.235. The predicted molar refractivity (Wildman–Crippen MR) is 244 cm³/mol. The molecule has 0 fully saturated rings. The number of Topliss-reactive ketones (excluding diaryl/α,β-unsaturated/α-hetero) is 1. The van der Waals surface area contributed by atoms with E-state index in [-0.39, 0.29) is 38.6 Å². The van der Waals surface area contributed by atoms with Gasteiger partial charge in [0.25, 0.3) is 0 Å². The van der Waals surface area contributed by atoms with Gasteiger partial charge in [0.15, 0.2) is 5.78 Å². The van der Waals surface area contributed by atoms with Crippen LogP contribution >= 0.6 is 11.3 Å². The summed E-state index contributed by atoms with van der Waals surface area (Å²) >= 11 is 1.36. The van der Waals surface area contributed by atoms with Crippen molar-refractivity contribution in [1.82, 2.24) is 21.3 Å². The van der Waals surface area contributed by atoms with Gasteiger partial charge in [-0.15, -0.1) is 11.3 Å². The summed E-state index contributed by atoms with van der Waals surface area (Å²) in [7, 11) is 0. The van der Waals surface area contributed by atoms with Crippen LogP contribution in [-0.2, 0) is 59.2 Å². The largest absolute Gasteiger partial charge is 0.481 e. The van der Waals surface area contributed by atoms with Crippen LogP contribution in [-0.4, -0.2) is 77.1 Å². The molecule has 5 atom stereocenters. The van der Waals surface area contributed by atoms with E-state index in [1.807, 2.05) is 66.0 Å². The molecule has 0 saturated carbocycles. The van der Waals surface area contributed by atoms with Gasteiger partial charge in [-0.3, -0.25) is 33.6 Å². The molecule has 4 aromatic carbocycles. The number of nitrogens with one attached hydrogen (secondary N) is 5. The molecule has 0 saturated heterocycles. The molecular weight excluding hydrogens is 833 g/mol. The van der Waals surface area contributed by atoms with Crippen molar-refractivity contribution in [2.45, 2.75) is 75.5 Å². The minimum absolute atomic E-state index is 0.0107. The fraction of sp³-hybridized carbons (Fsp3) is 0.286. The molecule has 2 bridgehead atoms. The first-order valence-corrected chi connectivity index (χ1v) is 22.1. The van der Waals surface area contributed by atoms with E-state index < -0.39 is 84.2 Å². The highest BCUT2D eigenvalue weighted by atomic mass is 32.1. The quantitative estimate of drug-likeness (QED) is 0.0883. The number of ketones is 1. The first-order valence-electron chi connectivity index (χ1n) is 21.2. The predicted octanol–water partition coefficient (Wildman–Crippen LogP) is 4.37. The number of hydrogen-bond acceptors (Lipinski definition) is 9. The molecule has 0 spiro atoms. The Bertz CT molecular complexity index is 2380. The normalized spacial score (nSPS) is 20.2. The Hall–Kier alpha value is -6.97. The molecular formula is C49H52N6O8S. The third-order valence-corrected chi connectivity index (χ3v) is 11.8. The van der Waals surface area contributed by atoms with E-state index in [9.17, 15) is 38.7 Å². The smallest absolute Gasteiger partial charge is 0.307 e. The van der Waals surface area contributed by atoms with Gasteiger partial charge in [0.1, 0.15) is 18.1 Å². The van der Waals surface area contributed by atoms with E-state index in [1.165, 1.54) is 11.3 Å². The molecule has 15 heteroatoms. The van der Waals surface area contributed by atoms with Crippen LogP contribution in [0.3, 0.4) is 0 Å². The highest BCUT2D eigenvalue weighted by Gasteiger charge is 2.33. The van der Waals surface area contributed by atoms with Gasteiger partial charge in [0, 0.05) is 36.2 Å². The number of hydrogen-bond donors (Lipinski definition) is 7. The molecule has 2 aliphatic heterocycles. The van der Waals surface area contributed by atoms with E-state index >= 15 is 0 Å². The lowest BCUT2D eigenvalue weighted by Gasteiger charge is -2.26. The highest BCUT2D eigenvalue weighted by molar-refractivity contribution is 7.09. The molecule has 1 aromatic heterocycles. The van der Waals surface area contributed by atoms with Crippen LogP contribution in [0.1, 0.15) is 47.3 Å². The van der Waals surface area contributed by atoms with Crippen molar-refractivity contribution in [3.8, 4) is 11.1 Å². The lowest BCUT2D eigenvalue weighted by atomic mass is 9.90. The number of rotatable bonds is 12. The number of thiophene rings is 1. The van der Waals surface area contributed by atoms with Gasteiger partial charge in [0.2, 0.25) is 29.5 Å². The lowest BCUT2D eigenvalue weighted by molar-refractivity contribution is -0.144. The van der Waals surface area contributed by atoms with E-state index in [2.05, 4.69) is 26.6 Å². The zero-order chi connectivity index (χ0) is 45.4. The second-order valence-electron chi connectivity index (χ2n) is 15.8. The average Bonchev–Trinajstić information content (AvgIpc) is 3.81. The van der Waals surface area contributed by atoms with Gasteiger partial charge in [-0.05, 0) is 77.2 Å². The molecule has 0 radical (unpaired) electrons. The number of benzene rings is 4. The molecule has 0 aliphatic carbocycles. The fourth-order valence-corrected chi connectivity index (χ4v) is 8.19. The molecule has 332 valence electrons. The maximum Gasteiger partial charge on any atom is 0.307 e. The van der Waals surface area contributed by atoms with Gasteiger partial charge in [0.05, 0.1) is 18.4 Å². The molecule has 5 amide bonds. The zero-order valence-electron chi connectivity index (χ0n) is 35.2. The monoisotopic (exact) mass is 884 g/mol. The summed E-state index contributed by atoms with van der Waals surface area (Å²) in [5, 5.41) is 25.9. The maximum atomic E-state index is 14.6. The number of carboxylic acid groups (broad SMARTS) is 1. The Balaban J connectivity index is 1.37. The van der Waals surface area contributed by atoms with Crippen LogP contribution in [0.4, 0.5) is 5.69 Å². The van der Waals surface area contributed by atoms with Gasteiger partial charge in [-0.25, -0.2) is 0 Å². The van der Waals surface area contributed by atoms with Crippen molar-refractivity contribution < 1.29 is 38.7 Å². The summed E-state index contributed by atoms with van der Waals surface area (Å²) in [4.78, 5) is 97.1. The van der Waals surface area contributed by atoms with E-state index in [1.54, 1.807) is 60.7 Å². The molecule has 8 N–H and O–H groups in total. The maximum absolute atomic E-state index is 14.6. The minimum atomic E-state index is -1.36. The van der Waals surface area contributed by atoms with Crippen molar-refractivity contribution >= 4 is 58.3 Å². The van der Waals surface area contributed by atoms with Gasteiger partial charge in [-0.2, -0.15) is 0 Å². The summed E-state index contributed by atoms with van der Waals surface area (Å²) in [6, 6.07) is 31.1. The summed E-state index contributed by atoms with van der Waals surface area (Å²) in [6.07, 6.45) is -0.547. The zero-order valence-corrected chi connectivity index (χ0v) is 36.0. The second-order valence-corrected chi connectivity index (χ2v) is 16.8. The topological polar surface area (TPSA) is 226 Å². The Morgan fingerprint density at radius 3 is 1.89 bits per heavy atom. The number of fused-ring (bicyclic) bond motifs is 18. The first kappa shape index (κ1) is 46.5. The van der Waals surface area contributed by atoms with Crippen LogP contribution < -0.4 is 32.3 Å². The number of anilines is 1. The number of nitrogens with two attached hydrogens (primary N) is 1. The summed E-state index contributed by atoms with van der Waals surface area (Å²) in [5.74, 6) is -6.22. The number of amides is 5. The SMILES string of the molecule is NCCCC(=O)N[C@@H]1CC(=O)N[C@H](Cc2cccs2)C(=O)N[C@@H](Cc2ccc(-c3ccccc3)cc2)C(=O)N[C@H](Cc2ccccc2)C(=O)C[C@H](C(=O)O)Cc2ccc(cc2)NC1=O. The minimum Gasteiger partial charge on any atom is -0.481 e. The van der Waals surface area contributed by atoms with E-state index in [0.29, 0.717) is 23.2 Å². The molecule has 5 aromatic rings. The Morgan fingerprint density at radius 1 is 0.641 bits per heavy atom. The standard InChI is InChI=1S/C49H52N6O8S/c50-23-7-14-44(57)52-42-30-45(58)53-41(29-38-13-8-24-64-38)48(61)55-40(27-33-15-19-35(20-16-33)34-11-5-2-6-12-34)47(60)54-39(26-31-9-3-1-4-10-31)43(56)28-36(49(62)63)25-32-17-21-37(22-18-32)51-46(42)59/h1-6,8-13,15-22,24,36,39-42H,7,14,23,25-30,50H2,(H,51,59)(H,52,57)(H,53,58)(H,54,60)(H,55,61)(H,62,63)/t36-,39-,40+,41-,42-/m1/s1. The lowest BCUT2D eigenvalue weighted by Crippen LogP contribution is -2.57. The van der Waals surface area contributed by atoms with Crippen molar-refractivity contribution in [1.29, 1.82) is 0 Å². The van der Waals surface area contributed by atoms with Gasteiger partial charge >= 0.3 is 5.97 Å². The first-order chi connectivity index (χ1) is 30.9. The summed E-state index contributed by atoms with van der Waals surface area (Å²) < 4.78 is 0. The molecule has 3 heterocycles. The fourth-order valence-electron chi connectivity index (χ4n) is 7.43. The van der Waals surface area contributed by atoms with Crippen LogP contribution in [0.2, 0.25) is 0 Å². The molecule has 2 aliphatic rings. The van der Waals surface area contributed by atoms with Crippen molar-refractivity contribution in [3.63, 3.8) is 0 Å². The highest BCUT2D eigenvalue weighted by Crippen LogP contribution is 2.22. The number of carboxylic acids is 1. The average molecular weight is 885 g/mol. The number of carbonyl (C=O) groups is 7. The molecule has 7 rings (SSSR count). The Labute approximate surface area is 375 Å². The molecule has 0 unspecified atom stereocenters. The van der Waals surface area contributed by atoms with Crippen LogP contribution in [0.15, 0.2) is 127 Å². The third-order valence-electron chi connectivity index (χ3n) is 10.9. The molecule has 64 heavy (non-hydrogen) atoms.